The molecule has 0 saturated heterocycles. The number of amides is 1. The summed E-state index contributed by atoms with van der Waals surface area (Å²) in [4.78, 5) is 10.9. The molecule has 1 rings (SSSR count). The number of carbonyl (C=O) groups excluding carboxylic acids is 1. The molecule has 0 aliphatic heterocycles. The van der Waals surface area contributed by atoms with E-state index < -0.39 is 0 Å². The molecule has 0 spiro atoms. The van der Waals surface area contributed by atoms with Gasteiger partial charge in [0.05, 0.1) is 0 Å². The molecular formula is C13H18FNO. The Labute approximate surface area is 95.9 Å². The highest BCUT2D eigenvalue weighted by Crippen LogP contribution is 2.24. The Bertz CT molecular complexity index is 376. The van der Waals surface area contributed by atoms with Gasteiger partial charge in [0.2, 0.25) is 5.91 Å². The SMILES string of the molecule is CCCC(C)c1cc(F)cc(NC(C)=O)c1. The molecule has 0 fully saturated rings. The molecule has 3 heteroatoms. The van der Waals surface area contributed by atoms with Crippen LogP contribution in [0.1, 0.15) is 45.1 Å². The molecule has 0 aliphatic rings. The van der Waals surface area contributed by atoms with E-state index in [0.29, 0.717) is 11.6 Å². The monoisotopic (exact) mass is 223 g/mol. The maximum absolute atomic E-state index is 13.3. The van der Waals surface area contributed by atoms with Crippen molar-refractivity contribution in [3.8, 4) is 0 Å². The lowest BCUT2D eigenvalue weighted by Crippen LogP contribution is -2.07. The summed E-state index contributed by atoms with van der Waals surface area (Å²) in [6.45, 7) is 5.58. The maximum Gasteiger partial charge on any atom is 0.221 e. The van der Waals surface area contributed by atoms with E-state index in [9.17, 15) is 9.18 Å². The minimum atomic E-state index is -0.302. The van der Waals surface area contributed by atoms with E-state index in [4.69, 9.17) is 0 Å². The second-order valence-corrected chi connectivity index (χ2v) is 4.14. The third-order valence-electron chi connectivity index (χ3n) is 2.53. The minimum absolute atomic E-state index is 0.181. The fourth-order valence-electron chi connectivity index (χ4n) is 1.77. The van der Waals surface area contributed by atoms with Crippen molar-refractivity contribution < 1.29 is 9.18 Å². The lowest BCUT2D eigenvalue weighted by atomic mass is 9.96. The molecule has 1 aromatic rings. The van der Waals surface area contributed by atoms with E-state index in [1.807, 2.05) is 6.07 Å². The van der Waals surface area contributed by atoms with E-state index in [1.54, 1.807) is 0 Å². The van der Waals surface area contributed by atoms with Gasteiger partial charge in [-0.05, 0) is 36.1 Å². The zero-order chi connectivity index (χ0) is 12.1. The molecule has 1 amide bonds. The molecule has 0 heterocycles. The molecule has 88 valence electrons. The van der Waals surface area contributed by atoms with Gasteiger partial charge < -0.3 is 5.32 Å². The summed E-state index contributed by atoms with van der Waals surface area (Å²) in [6.07, 6.45) is 2.08. The van der Waals surface area contributed by atoms with Gasteiger partial charge in [0.1, 0.15) is 5.82 Å². The zero-order valence-electron chi connectivity index (χ0n) is 10.0. The number of hydrogen-bond acceptors (Lipinski definition) is 1. The van der Waals surface area contributed by atoms with E-state index >= 15 is 0 Å². The average molecular weight is 223 g/mol. The van der Waals surface area contributed by atoms with Crippen molar-refractivity contribution in [2.24, 2.45) is 0 Å². The first kappa shape index (κ1) is 12.7. The first-order chi connectivity index (χ1) is 7.52. The number of nitrogens with one attached hydrogen (secondary N) is 1. The molecule has 0 radical (unpaired) electrons. The second kappa shape index (κ2) is 5.64. The van der Waals surface area contributed by atoms with Crippen LogP contribution in [0.2, 0.25) is 0 Å². The van der Waals surface area contributed by atoms with Gasteiger partial charge in [0.15, 0.2) is 0 Å². The molecule has 0 aliphatic carbocycles. The first-order valence-corrected chi connectivity index (χ1v) is 5.61. The number of carbonyl (C=O) groups is 1. The highest BCUT2D eigenvalue weighted by atomic mass is 19.1. The van der Waals surface area contributed by atoms with Crippen LogP contribution in [-0.2, 0) is 4.79 Å². The molecule has 0 saturated carbocycles. The van der Waals surface area contributed by atoms with E-state index in [1.165, 1.54) is 19.1 Å². The van der Waals surface area contributed by atoms with Gasteiger partial charge >= 0.3 is 0 Å². The van der Waals surface area contributed by atoms with Crippen molar-refractivity contribution >= 4 is 11.6 Å². The molecule has 0 bridgehead atoms. The summed E-state index contributed by atoms with van der Waals surface area (Å²) in [6, 6.07) is 4.71. The van der Waals surface area contributed by atoms with Crippen LogP contribution in [0.15, 0.2) is 18.2 Å². The van der Waals surface area contributed by atoms with Crippen LogP contribution in [0.25, 0.3) is 0 Å². The number of hydrogen-bond donors (Lipinski definition) is 1. The smallest absolute Gasteiger partial charge is 0.221 e. The van der Waals surface area contributed by atoms with Crippen molar-refractivity contribution in [3.63, 3.8) is 0 Å². The van der Waals surface area contributed by atoms with Gasteiger partial charge in [-0.3, -0.25) is 4.79 Å². The van der Waals surface area contributed by atoms with Crippen LogP contribution in [-0.4, -0.2) is 5.91 Å². The van der Waals surface area contributed by atoms with Crippen LogP contribution in [0.3, 0.4) is 0 Å². The molecule has 1 aromatic carbocycles. The number of rotatable bonds is 4. The number of anilines is 1. The van der Waals surface area contributed by atoms with Gasteiger partial charge in [-0.25, -0.2) is 4.39 Å². The molecule has 2 nitrogen and oxygen atoms in total. The molecule has 1 unspecified atom stereocenters. The Balaban J connectivity index is 2.93. The van der Waals surface area contributed by atoms with Crippen molar-refractivity contribution in [1.82, 2.24) is 0 Å². The third kappa shape index (κ3) is 3.65. The molecule has 1 atom stereocenters. The van der Waals surface area contributed by atoms with Crippen molar-refractivity contribution in [1.29, 1.82) is 0 Å². The van der Waals surface area contributed by atoms with E-state index in [-0.39, 0.29) is 11.7 Å². The lowest BCUT2D eigenvalue weighted by molar-refractivity contribution is -0.114. The predicted octanol–water partition coefficient (Wildman–Crippen LogP) is 3.69. The highest BCUT2D eigenvalue weighted by Gasteiger charge is 2.08. The van der Waals surface area contributed by atoms with Gasteiger partial charge in [-0.15, -0.1) is 0 Å². The van der Waals surface area contributed by atoms with Gasteiger partial charge in [0.25, 0.3) is 0 Å². The lowest BCUT2D eigenvalue weighted by Gasteiger charge is -2.12. The normalized spacial score (nSPS) is 12.2. The summed E-state index contributed by atoms with van der Waals surface area (Å²) >= 11 is 0. The number of halogens is 1. The zero-order valence-corrected chi connectivity index (χ0v) is 10.0. The van der Waals surface area contributed by atoms with E-state index in [2.05, 4.69) is 19.2 Å². The summed E-state index contributed by atoms with van der Waals surface area (Å²) in [5, 5.41) is 2.60. The van der Waals surface area contributed by atoms with Crippen LogP contribution in [0.4, 0.5) is 10.1 Å². The Morgan fingerprint density at radius 1 is 1.44 bits per heavy atom. The average Bonchev–Trinajstić information content (AvgIpc) is 2.15. The van der Waals surface area contributed by atoms with Gasteiger partial charge in [-0.2, -0.15) is 0 Å². The summed E-state index contributed by atoms with van der Waals surface area (Å²) in [7, 11) is 0. The molecule has 1 N–H and O–H groups in total. The molecular weight excluding hydrogens is 205 g/mol. The van der Waals surface area contributed by atoms with Gasteiger partial charge in [-0.1, -0.05) is 20.3 Å². The van der Waals surface area contributed by atoms with Gasteiger partial charge in [0, 0.05) is 12.6 Å². The summed E-state index contributed by atoms with van der Waals surface area (Å²) < 4.78 is 13.3. The highest BCUT2D eigenvalue weighted by molar-refractivity contribution is 5.88. The van der Waals surface area contributed by atoms with Crippen LogP contribution in [0.5, 0.6) is 0 Å². The molecule has 16 heavy (non-hydrogen) atoms. The predicted molar refractivity (Wildman–Crippen MR) is 64.0 cm³/mol. The first-order valence-electron chi connectivity index (χ1n) is 5.61. The Morgan fingerprint density at radius 2 is 2.12 bits per heavy atom. The van der Waals surface area contributed by atoms with Crippen molar-refractivity contribution in [3.05, 3.63) is 29.6 Å². The Hall–Kier alpha value is -1.38. The Morgan fingerprint density at radius 3 is 2.69 bits per heavy atom. The summed E-state index contributed by atoms with van der Waals surface area (Å²) in [5.74, 6) is -0.169. The Kier molecular flexibility index (Phi) is 4.47. The number of benzene rings is 1. The fourth-order valence-corrected chi connectivity index (χ4v) is 1.77. The maximum atomic E-state index is 13.3. The second-order valence-electron chi connectivity index (χ2n) is 4.14. The summed E-state index contributed by atoms with van der Waals surface area (Å²) in [5.41, 5.74) is 1.47. The third-order valence-corrected chi connectivity index (χ3v) is 2.53. The quantitative estimate of drug-likeness (QED) is 0.828. The van der Waals surface area contributed by atoms with E-state index in [0.717, 1.165) is 18.4 Å². The van der Waals surface area contributed by atoms with Crippen LogP contribution in [0, 0.1) is 5.82 Å². The topological polar surface area (TPSA) is 29.1 Å². The largest absolute Gasteiger partial charge is 0.326 e. The molecule has 0 aromatic heterocycles. The van der Waals surface area contributed by atoms with Crippen molar-refractivity contribution in [2.75, 3.05) is 5.32 Å². The minimum Gasteiger partial charge on any atom is -0.326 e. The van der Waals surface area contributed by atoms with Crippen molar-refractivity contribution in [2.45, 2.75) is 39.5 Å². The van der Waals surface area contributed by atoms with Crippen LogP contribution >= 0.6 is 0 Å². The standard InChI is InChI=1S/C13H18FNO/c1-4-5-9(2)11-6-12(14)8-13(7-11)15-10(3)16/h6-9H,4-5H2,1-3H3,(H,15,16). The van der Waals surface area contributed by atoms with Crippen LogP contribution < -0.4 is 5.32 Å². The fraction of sp³-hybridized carbons (Fsp3) is 0.462.